The third-order valence-electron chi connectivity index (χ3n) is 7.54. The molecule has 0 aromatic carbocycles. The second kappa shape index (κ2) is 5.52. The Labute approximate surface area is 153 Å². The molecule has 140 valence electrons. The van der Waals surface area contributed by atoms with Crippen molar-refractivity contribution < 1.29 is 24.2 Å². The Morgan fingerprint density at radius 3 is 2.96 bits per heavy atom. The fourth-order valence-electron chi connectivity index (χ4n) is 6.46. The molecule has 5 aliphatic rings. The van der Waals surface area contributed by atoms with Crippen LogP contribution in [0.1, 0.15) is 51.9 Å². The summed E-state index contributed by atoms with van der Waals surface area (Å²) in [5, 5.41) is 11.7. The fourth-order valence-corrected chi connectivity index (χ4v) is 6.46. The van der Waals surface area contributed by atoms with Gasteiger partial charge in [0.25, 0.3) is 0 Å². The Morgan fingerprint density at radius 2 is 2.15 bits per heavy atom. The van der Waals surface area contributed by atoms with Crippen LogP contribution in [-0.4, -0.2) is 40.8 Å². The van der Waals surface area contributed by atoms with Gasteiger partial charge in [0.2, 0.25) is 0 Å². The number of aliphatic hydroxyl groups is 1. The predicted molar refractivity (Wildman–Crippen MR) is 93.1 cm³/mol. The number of ketones is 1. The third-order valence-corrected chi connectivity index (χ3v) is 7.54. The molecule has 1 N–H and O–H groups in total. The van der Waals surface area contributed by atoms with Crippen molar-refractivity contribution in [1.82, 2.24) is 0 Å². The van der Waals surface area contributed by atoms with Gasteiger partial charge in [-0.15, -0.1) is 0 Å². The van der Waals surface area contributed by atoms with Gasteiger partial charge in [0.15, 0.2) is 5.78 Å². The lowest BCUT2D eigenvalue weighted by Crippen LogP contribution is -2.52. The molecule has 2 bridgehead atoms. The Balaban J connectivity index is 1.61. The van der Waals surface area contributed by atoms with E-state index >= 15 is 0 Å². The highest BCUT2D eigenvalue weighted by Gasteiger charge is 2.63. The number of carbonyl (C=O) groups excluding carboxylic acids is 2. The molecule has 0 amide bonds. The zero-order valence-corrected chi connectivity index (χ0v) is 15.2. The summed E-state index contributed by atoms with van der Waals surface area (Å²) in [6.45, 7) is 2.03. The van der Waals surface area contributed by atoms with Crippen molar-refractivity contribution in [2.24, 2.45) is 17.8 Å². The molecular weight excluding hydrogens is 332 g/mol. The molecule has 3 aliphatic carbocycles. The van der Waals surface area contributed by atoms with Crippen molar-refractivity contribution in [3.8, 4) is 0 Å². The number of hydrogen-bond donors (Lipinski definition) is 1. The van der Waals surface area contributed by atoms with Crippen LogP contribution in [0.3, 0.4) is 0 Å². The highest BCUT2D eigenvalue weighted by atomic mass is 16.5. The zero-order chi connectivity index (χ0) is 18.1. The van der Waals surface area contributed by atoms with Gasteiger partial charge in [-0.3, -0.25) is 4.79 Å². The van der Waals surface area contributed by atoms with Crippen LogP contribution in [0.2, 0.25) is 0 Å². The lowest BCUT2D eigenvalue weighted by Gasteiger charge is -2.46. The van der Waals surface area contributed by atoms with Crippen molar-refractivity contribution in [3.63, 3.8) is 0 Å². The van der Waals surface area contributed by atoms with E-state index in [1.807, 2.05) is 12.2 Å². The first-order valence-electron chi connectivity index (χ1n) is 10.1. The minimum Gasteiger partial charge on any atom is -0.463 e. The topological polar surface area (TPSA) is 72.8 Å². The van der Waals surface area contributed by atoms with Crippen molar-refractivity contribution in [3.05, 3.63) is 23.3 Å². The van der Waals surface area contributed by atoms with Gasteiger partial charge in [0, 0.05) is 5.57 Å². The number of hydrogen-bond acceptors (Lipinski definition) is 5. The summed E-state index contributed by atoms with van der Waals surface area (Å²) in [7, 11) is 0. The number of ether oxygens (including phenoxy) is 2. The van der Waals surface area contributed by atoms with Crippen LogP contribution in [0.25, 0.3) is 0 Å². The van der Waals surface area contributed by atoms with Crippen molar-refractivity contribution in [2.45, 2.75) is 69.2 Å². The van der Waals surface area contributed by atoms with E-state index in [-0.39, 0.29) is 18.3 Å². The number of rotatable bonds is 2. The maximum absolute atomic E-state index is 13.6. The summed E-state index contributed by atoms with van der Waals surface area (Å²) >= 11 is 0. The van der Waals surface area contributed by atoms with E-state index in [0.717, 1.165) is 25.7 Å². The van der Waals surface area contributed by atoms with Crippen LogP contribution in [-0.2, 0) is 19.1 Å². The Bertz CT molecular complexity index is 737. The highest BCUT2D eigenvalue weighted by Crippen LogP contribution is 2.58. The van der Waals surface area contributed by atoms with E-state index in [2.05, 4.69) is 0 Å². The van der Waals surface area contributed by atoms with Gasteiger partial charge in [0.1, 0.15) is 11.7 Å². The standard InChI is InChI=1S/C21H26O5/c1-2-25-19(23)16-15-8-9-20(26-15)10-11-21(24)13-5-3-4-12(13)6-7-14(21)18(22)17(16)20/h8-9,12-15,24H,2-7,10-11H2,1H3/t12-,13-,14+,15-,20-,21-/m0/s1. The minimum absolute atomic E-state index is 0.0785. The molecule has 6 atom stereocenters. The molecule has 0 saturated heterocycles. The minimum atomic E-state index is -0.961. The molecule has 5 nitrogen and oxygen atoms in total. The van der Waals surface area contributed by atoms with E-state index in [1.54, 1.807) is 6.92 Å². The maximum atomic E-state index is 13.6. The van der Waals surface area contributed by atoms with Crippen LogP contribution < -0.4 is 0 Å². The van der Waals surface area contributed by atoms with Crippen LogP contribution in [0.15, 0.2) is 23.3 Å². The summed E-state index contributed by atoms with van der Waals surface area (Å²) in [4.78, 5) is 26.2. The number of carbonyl (C=O) groups is 2. The molecule has 3 saturated carbocycles. The van der Waals surface area contributed by atoms with Crippen molar-refractivity contribution in [2.75, 3.05) is 6.61 Å². The van der Waals surface area contributed by atoms with Gasteiger partial charge in [-0.2, -0.15) is 0 Å². The maximum Gasteiger partial charge on any atom is 0.337 e. The molecule has 2 aliphatic heterocycles. The first-order chi connectivity index (χ1) is 12.5. The predicted octanol–water partition coefficient (Wildman–Crippen LogP) is 2.47. The van der Waals surface area contributed by atoms with Crippen molar-refractivity contribution >= 4 is 11.8 Å². The smallest absolute Gasteiger partial charge is 0.337 e. The zero-order valence-electron chi connectivity index (χ0n) is 15.2. The normalized spacial score (nSPS) is 46.0. The Kier molecular flexibility index (Phi) is 3.55. The quantitative estimate of drug-likeness (QED) is 0.606. The van der Waals surface area contributed by atoms with E-state index in [4.69, 9.17) is 9.47 Å². The van der Waals surface area contributed by atoms with Gasteiger partial charge in [-0.25, -0.2) is 4.79 Å². The van der Waals surface area contributed by atoms with Crippen LogP contribution >= 0.6 is 0 Å². The summed E-state index contributed by atoms with van der Waals surface area (Å²) in [6.07, 6.45) is 9.43. The van der Waals surface area contributed by atoms with Gasteiger partial charge in [0.05, 0.1) is 23.7 Å². The van der Waals surface area contributed by atoms with Crippen LogP contribution in [0, 0.1) is 17.8 Å². The van der Waals surface area contributed by atoms with E-state index < -0.39 is 29.2 Å². The molecule has 5 heteroatoms. The van der Waals surface area contributed by atoms with E-state index in [0.29, 0.717) is 36.3 Å². The summed E-state index contributed by atoms with van der Waals surface area (Å²) in [6, 6.07) is 0. The average Bonchev–Trinajstić information content (AvgIpc) is 3.32. The Morgan fingerprint density at radius 1 is 1.31 bits per heavy atom. The number of Topliss-reactive ketones (excluding diaryl/α,β-unsaturated/α-hetero) is 1. The second-order valence-corrected chi connectivity index (χ2v) is 8.58. The molecule has 1 spiro atoms. The average molecular weight is 358 g/mol. The lowest BCUT2D eigenvalue weighted by molar-refractivity contribution is -0.146. The fraction of sp³-hybridized carbons (Fsp3) is 0.714. The number of esters is 1. The molecule has 0 aromatic rings. The monoisotopic (exact) mass is 358 g/mol. The molecule has 3 fully saturated rings. The summed E-state index contributed by atoms with van der Waals surface area (Å²) in [5.74, 6) is -0.214. The molecular formula is C21H26O5. The molecule has 2 heterocycles. The first kappa shape index (κ1) is 16.7. The summed E-state index contributed by atoms with van der Waals surface area (Å²) in [5.41, 5.74) is -0.958. The largest absolute Gasteiger partial charge is 0.463 e. The molecule has 0 aromatic heterocycles. The molecule has 5 rings (SSSR count). The molecule has 0 unspecified atom stereocenters. The number of fused-ring (bicyclic) bond motifs is 4. The van der Waals surface area contributed by atoms with Crippen LogP contribution in [0.4, 0.5) is 0 Å². The first-order valence-corrected chi connectivity index (χ1v) is 10.1. The van der Waals surface area contributed by atoms with Gasteiger partial charge >= 0.3 is 5.97 Å². The second-order valence-electron chi connectivity index (χ2n) is 8.58. The van der Waals surface area contributed by atoms with E-state index in [9.17, 15) is 14.7 Å². The molecule has 0 radical (unpaired) electrons. The Hall–Kier alpha value is -1.46. The lowest BCUT2D eigenvalue weighted by atomic mass is 9.62. The van der Waals surface area contributed by atoms with Gasteiger partial charge < -0.3 is 14.6 Å². The molecule has 26 heavy (non-hydrogen) atoms. The van der Waals surface area contributed by atoms with E-state index in [1.165, 1.54) is 0 Å². The van der Waals surface area contributed by atoms with Crippen molar-refractivity contribution in [1.29, 1.82) is 0 Å². The highest BCUT2D eigenvalue weighted by molar-refractivity contribution is 6.09. The van der Waals surface area contributed by atoms with Crippen LogP contribution in [0.5, 0.6) is 0 Å². The van der Waals surface area contributed by atoms with Gasteiger partial charge in [-0.05, 0) is 56.9 Å². The van der Waals surface area contributed by atoms with Gasteiger partial charge in [-0.1, -0.05) is 18.9 Å². The third kappa shape index (κ3) is 1.99. The summed E-state index contributed by atoms with van der Waals surface area (Å²) < 4.78 is 11.4. The SMILES string of the molecule is CCOC(=O)C1=C2C(=O)[C@H]3CC[C@@H]4CCC[C@@H]4[C@@]3(O)CC[C@@]23C=C[C@@H]1O3.